The number of H-pyrrole nitrogens is 1. The number of halogens is 16. The van der Waals surface area contributed by atoms with Gasteiger partial charge < -0.3 is 42.2 Å². The Labute approximate surface area is 615 Å². The van der Waals surface area contributed by atoms with Crippen LogP contribution in [0.1, 0.15) is 76.0 Å². The molecule has 0 bridgehead atoms. The number of nitrogens with zero attached hydrogens (tertiary/aromatic N) is 1. The van der Waals surface area contributed by atoms with E-state index in [1.54, 1.807) is 73.7 Å². The molecular formula is C79H59F16N9O4S. The number of aromatic amines is 1. The van der Waals surface area contributed by atoms with Crippen LogP contribution in [-0.4, -0.2) is 39.5 Å². The molecule has 30 heteroatoms. The average Bonchev–Trinajstić information content (AvgIpc) is 0.809. The number of fused-ring (bicyclic) bond motifs is 5. The maximum Gasteiger partial charge on any atom is 0.416 e. The highest BCUT2D eigenvalue weighted by Crippen LogP contribution is 2.40. The number of benzene rings is 10. The van der Waals surface area contributed by atoms with Crippen LogP contribution in [0.2, 0.25) is 0 Å². The summed E-state index contributed by atoms with van der Waals surface area (Å²) in [5, 5.41) is 20.7. The van der Waals surface area contributed by atoms with Gasteiger partial charge in [-0.2, -0.15) is 70.8 Å². The predicted molar refractivity (Wildman–Crippen MR) is 387 cm³/mol. The van der Waals surface area contributed by atoms with E-state index >= 15 is 0 Å². The Morgan fingerprint density at radius 2 is 0.817 bits per heavy atom. The number of alkyl halides is 15. The van der Waals surface area contributed by atoms with Crippen molar-refractivity contribution in [3.8, 4) is 55.6 Å². The second-order valence-electron chi connectivity index (χ2n) is 25.0. The number of hydrogen-bond acceptors (Lipinski definition) is 7. The highest BCUT2D eigenvalue weighted by Gasteiger charge is 2.34. The fraction of sp³-hybridized carbons (Fsp3) is 0.165. The van der Waals surface area contributed by atoms with Gasteiger partial charge in [0.15, 0.2) is 5.11 Å². The van der Waals surface area contributed by atoms with Crippen LogP contribution in [0, 0.1) is 12.7 Å². The van der Waals surface area contributed by atoms with Crippen LogP contribution in [0.4, 0.5) is 103 Å². The van der Waals surface area contributed by atoms with Gasteiger partial charge in [0.05, 0.1) is 68.7 Å². The zero-order valence-electron chi connectivity index (χ0n) is 56.8. The highest BCUT2D eigenvalue weighted by atomic mass is 32.1. The van der Waals surface area contributed by atoms with Crippen molar-refractivity contribution in [2.45, 2.75) is 76.6 Å². The standard InChI is InChI=1S/C17H15F3N2O.C16H11F3N2O.C16H12F3NO.C15H10F4N2S.C15H11F3N2O/c1-2-14-13-9-11(5-8-15(13)22-16(23)21-14)10-3-6-12(7-4-10)17(18,19)20;1-9-13-8-11(4-7-14(13)21-15(22)20-9)10-2-5-12(6-3-10)16(17,18)19;17-16(18,19)13-5-1-10(2-6-13)11-3-7-14-12(9-11)4-8-15(21)20-14;16-12-6-9(5-10-7-20-14(22)21-13(10)12)8-1-3-11(4-2-8)15(17,18)19;16-15(17,18)11-4-1-9(2-5-11)10-3-6-12-13(7-10)20-14(21)8-19-12/h3-9,14H,2H2,1H3,(H2,21,22,23);2-8H,1H3,(H,20,21,22);1-3,5-7,9H,4,8H2,(H,20,21);1-6H,7H2,(H2,20,21,22);1-7,19H,8H2,(H,20,21). The summed E-state index contributed by atoms with van der Waals surface area (Å²) in [7, 11) is 0. The lowest BCUT2D eigenvalue weighted by Gasteiger charge is -2.27. The lowest BCUT2D eigenvalue weighted by atomic mass is 9.95. The third kappa shape index (κ3) is 19.4. The Morgan fingerprint density at radius 3 is 1.30 bits per heavy atom. The van der Waals surface area contributed by atoms with Crippen LogP contribution < -0.4 is 42.9 Å². The summed E-state index contributed by atoms with van der Waals surface area (Å²) in [5.41, 5.74) is 10.2. The molecular weight excluding hydrogens is 1470 g/mol. The van der Waals surface area contributed by atoms with Gasteiger partial charge in [-0.15, -0.1) is 0 Å². The van der Waals surface area contributed by atoms with Crippen molar-refractivity contribution >= 4 is 74.5 Å². The molecule has 8 N–H and O–H groups in total. The zero-order valence-corrected chi connectivity index (χ0v) is 57.6. The summed E-state index contributed by atoms with van der Waals surface area (Å²) in [4.78, 5) is 51.9. The van der Waals surface area contributed by atoms with Crippen molar-refractivity contribution in [1.29, 1.82) is 0 Å². The van der Waals surface area contributed by atoms with Crippen LogP contribution in [0.15, 0.2) is 211 Å². The quantitative estimate of drug-likeness (QED) is 0.0594. The van der Waals surface area contributed by atoms with Crippen LogP contribution in [0.5, 0.6) is 0 Å². The number of aromatic nitrogens is 2. The Hall–Kier alpha value is -12.1. The number of rotatable bonds is 6. The fourth-order valence-electron chi connectivity index (χ4n) is 12.0. The largest absolute Gasteiger partial charge is 0.416 e. The monoisotopic (exact) mass is 1530 g/mol. The molecule has 0 saturated carbocycles. The molecule has 5 heterocycles. The molecule has 11 aromatic rings. The molecule has 109 heavy (non-hydrogen) atoms. The van der Waals surface area contributed by atoms with Crippen molar-refractivity contribution in [3.63, 3.8) is 0 Å². The first-order chi connectivity index (χ1) is 51.4. The molecule has 1 unspecified atom stereocenters. The van der Waals surface area contributed by atoms with E-state index in [4.69, 9.17) is 12.2 Å². The molecule has 562 valence electrons. The summed E-state index contributed by atoms with van der Waals surface area (Å²) in [6.07, 6.45) is -19.9. The number of nitrogens with one attached hydrogen (secondary N) is 8. The molecule has 15 rings (SSSR count). The molecule has 0 aliphatic carbocycles. The first-order valence-electron chi connectivity index (χ1n) is 33.0. The van der Waals surface area contributed by atoms with Gasteiger partial charge in [-0.05, 0) is 226 Å². The number of urea groups is 1. The number of aryl methyl sites for hydroxylation is 2. The first-order valence-corrected chi connectivity index (χ1v) is 33.4. The maximum atomic E-state index is 14.1. The second-order valence-corrected chi connectivity index (χ2v) is 25.4. The molecule has 1 atom stereocenters. The summed E-state index contributed by atoms with van der Waals surface area (Å²) in [5.74, 6) is -0.645. The zero-order chi connectivity index (χ0) is 78.5. The molecule has 0 fully saturated rings. The van der Waals surface area contributed by atoms with E-state index in [-0.39, 0.29) is 30.4 Å². The topological polar surface area (TPSA) is 181 Å². The molecule has 4 amide bonds. The Kier molecular flexibility index (Phi) is 22.7. The van der Waals surface area contributed by atoms with E-state index in [2.05, 4.69) is 47.2 Å². The first kappa shape index (κ1) is 78.0. The normalized spacial score (nSPS) is 14.4. The van der Waals surface area contributed by atoms with Gasteiger partial charge in [-0.3, -0.25) is 9.59 Å². The summed E-state index contributed by atoms with van der Waals surface area (Å²) in [6.45, 7) is 4.26. The predicted octanol–water partition coefficient (Wildman–Crippen LogP) is 21.2. The van der Waals surface area contributed by atoms with Crippen LogP contribution in [-0.2, 0) is 53.4 Å². The van der Waals surface area contributed by atoms with Gasteiger partial charge in [0.1, 0.15) is 5.82 Å². The van der Waals surface area contributed by atoms with Gasteiger partial charge in [0, 0.05) is 29.7 Å². The molecule has 10 aromatic carbocycles. The van der Waals surface area contributed by atoms with Crippen molar-refractivity contribution in [3.05, 3.63) is 273 Å². The lowest BCUT2D eigenvalue weighted by molar-refractivity contribution is -0.138. The van der Waals surface area contributed by atoms with Crippen molar-refractivity contribution < 1.29 is 84.6 Å². The third-order valence-electron chi connectivity index (χ3n) is 17.6. The molecule has 1 aromatic heterocycles. The molecule has 0 spiro atoms. The van der Waals surface area contributed by atoms with Crippen molar-refractivity contribution in [1.82, 2.24) is 20.6 Å². The highest BCUT2D eigenvalue weighted by molar-refractivity contribution is 7.80. The van der Waals surface area contributed by atoms with E-state index in [0.717, 1.165) is 128 Å². The number of hydrogen-bond donors (Lipinski definition) is 8. The molecule has 4 aliphatic rings. The van der Waals surface area contributed by atoms with E-state index in [1.165, 1.54) is 66.7 Å². The van der Waals surface area contributed by atoms with Crippen LogP contribution in [0.25, 0.3) is 66.5 Å². The fourth-order valence-corrected chi connectivity index (χ4v) is 12.1. The van der Waals surface area contributed by atoms with E-state index < -0.39 is 70.2 Å². The number of thiocarbonyl (C=S) groups is 1. The van der Waals surface area contributed by atoms with Crippen LogP contribution in [0.3, 0.4) is 0 Å². The lowest BCUT2D eigenvalue weighted by Crippen LogP contribution is -2.37. The minimum absolute atomic E-state index is 0.00946. The molecule has 0 radical (unpaired) electrons. The molecule has 0 saturated heterocycles. The van der Waals surface area contributed by atoms with Gasteiger partial charge in [-0.1, -0.05) is 91.9 Å². The van der Waals surface area contributed by atoms with Crippen molar-refractivity contribution in [2.75, 3.05) is 33.1 Å². The molecule has 4 aliphatic heterocycles. The van der Waals surface area contributed by atoms with E-state index in [1.807, 2.05) is 19.1 Å². The second kappa shape index (κ2) is 31.8. The smallest absolute Gasteiger partial charge is 0.374 e. The minimum Gasteiger partial charge on any atom is -0.374 e. The van der Waals surface area contributed by atoms with Gasteiger partial charge in [0.2, 0.25) is 11.8 Å². The van der Waals surface area contributed by atoms with Crippen LogP contribution >= 0.6 is 12.2 Å². The van der Waals surface area contributed by atoms with Crippen molar-refractivity contribution in [2.24, 2.45) is 0 Å². The Bertz CT molecular complexity index is 5280. The van der Waals surface area contributed by atoms with Gasteiger partial charge >= 0.3 is 42.6 Å². The van der Waals surface area contributed by atoms with E-state index in [0.29, 0.717) is 80.5 Å². The number of amides is 4. The maximum absolute atomic E-state index is 14.1. The number of anilines is 5. The summed E-state index contributed by atoms with van der Waals surface area (Å²) in [6, 6.07) is 48.9. The number of carbonyl (C=O) groups is 3. The minimum atomic E-state index is -4.39. The SMILES string of the molecule is CCC1NC(=O)Nc2ccc(-c3ccc(C(F)(F)F)cc3)cc21.Cc1nc(=O)[nH]c2ccc(-c3ccc(C(F)(F)F)cc3)cc12.Fc1cc(-c2ccc(C(F)(F)F)cc2)cc2c1NC(=S)NC2.O=C1CCc2cc(-c3ccc(C(F)(F)F)cc3)ccc2N1.O=C1CNc2ccc(-c3ccc(C(F)(F)F)cc3)cc2N1. The summed E-state index contributed by atoms with van der Waals surface area (Å²) >= 11 is 4.92. The average molecular weight is 1530 g/mol. The molecule has 13 nitrogen and oxygen atoms in total. The third-order valence-corrected chi connectivity index (χ3v) is 17.9. The van der Waals surface area contributed by atoms with Gasteiger partial charge in [0.25, 0.3) is 0 Å². The van der Waals surface area contributed by atoms with E-state index in [9.17, 15) is 89.4 Å². The Balaban J connectivity index is 0.000000135. The summed E-state index contributed by atoms with van der Waals surface area (Å²) < 4.78 is 203. The Morgan fingerprint density at radius 1 is 0.404 bits per heavy atom. The van der Waals surface area contributed by atoms with Gasteiger partial charge in [-0.25, -0.2) is 14.0 Å². The number of carbonyl (C=O) groups excluding carboxylic acids is 3.